The number of hydrogen-bond donors (Lipinski definition) is 4. The second-order valence-electron chi connectivity index (χ2n) is 19.0. The molecule has 6 atom stereocenters. The summed E-state index contributed by atoms with van der Waals surface area (Å²) >= 11 is 0. The molecule has 0 aromatic heterocycles. The molecule has 0 saturated carbocycles. The van der Waals surface area contributed by atoms with Crippen molar-refractivity contribution in [2.45, 2.75) is 295 Å². The maximum atomic E-state index is 12.9. The largest absolute Gasteiger partial charge is 0.462 e. The Morgan fingerprint density at radius 1 is 0.477 bits per heavy atom. The van der Waals surface area contributed by atoms with Crippen molar-refractivity contribution in [2.75, 3.05) is 19.8 Å². The highest BCUT2D eigenvalue weighted by atomic mass is 16.7. The van der Waals surface area contributed by atoms with Crippen LogP contribution in [-0.4, -0.2) is 89.0 Å². The molecule has 1 fully saturated rings. The van der Waals surface area contributed by atoms with Crippen LogP contribution in [0.25, 0.3) is 0 Å². The number of carbonyl (C=O) groups excluding carboxylic acids is 2. The third-order valence-electron chi connectivity index (χ3n) is 12.8. The van der Waals surface area contributed by atoms with Crippen molar-refractivity contribution in [3.63, 3.8) is 0 Å². The SMILES string of the molecule is CCCCCCCCCCC/C=C/C/C=C/CCCC(=O)OC[C@H](CO[C@@H]1O[C@H](CO)[C@H](O)C(O)C1O)OC(=O)CCCCCCCCCCCCCCCCCCCCCCCCC. The molecule has 2 unspecified atom stereocenters. The molecule has 1 rings (SSSR count). The zero-order chi connectivity index (χ0) is 47.3. The lowest BCUT2D eigenvalue weighted by Crippen LogP contribution is -2.59. The van der Waals surface area contributed by atoms with Gasteiger partial charge in [0, 0.05) is 12.8 Å². The summed E-state index contributed by atoms with van der Waals surface area (Å²) in [6, 6.07) is 0. The molecule has 0 bridgehead atoms. The smallest absolute Gasteiger partial charge is 0.306 e. The van der Waals surface area contributed by atoms with Crippen molar-refractivity contribution in [3.05, 3.63) is 24.3 Å². The highest BCUT2D eigenvalue weighted by Crippen LogP contribution is 2.23. The molecule has 1 heterocycles. The lowest BCUT2D eigenvalue weighted by molar-refractivity contribution is -0.305. The normalized spacial score (nSPS) is 19.4. The first-order valence-corrected chi connectivity index (χ1v) is 27.4. The summed E-state index contributed by atoms with van der Waals surface area (Å²) in [6.45, 7) is 3.43. The van der Waals surface area contributed by atoms with Crippen LogP contribution in [0.5, 0.6) is 0 Å². The summed E-state index contributed by atoms with van der Waals surface area (Å²) in [6.07, 6.45) is 46.3. The summed E-state index contributed by atoms with van der Waals surface area (Å²) in [5.41, 5.74) is 0. The van der Waals surface area contributed by atoms with Gasteiger partial charge in [0.05, 0.1) is 13.2 Å². The van der Waals surface area contributed by atoms with Crippen LogP contribution in [0.15, 0.2) is 24.3 Å². The highest BCUT2D eigenvalue weighted by molar-refractivity contribution is 5.70. The Kier molecular flexibility index (Phi) is 43.2. The molecule has 382 valence electrons. The van der Waals surface area contributed by atoms with Gasteiger partial charge in [-0.25, -0.2) is 0 Å². The van der Waals surface area contributed by atoms with Gasteiger partial charge in [-0.15, -0.1) is 0 Å². The average Bonchev–Trinajstić information content (AvgIpc) is 3.30. The van der Waals surface area contributed by atoms with E-state index in [9.17, 15) is 30.0 Å². The van der Waals surface area contributed by atoms with Crippen molar-refractivity contribution in [1.82, 2.24) is 0 Å². The minimum Gasteiger partial charge on any atom is -0.462 e. The molecule has 1 aliphatic heterocycles. The van der Waals surface area contributed by atoms with E-state index in [0.717, 1.165) is 38.5 Å². The van der Waals surface area contributed by atoms with Crippen LogP contribution in [0.2, 0.25) is 0 Å². The lowest BCUT2D eigenvalue weighted by atomic mass is 9.99. The first-order valence-electron chi connectivity index (χ1n) is 27.4. The molecule has 0 aromatic rings. The second kappa shape index (κ2) is 45.9. The summed E-state index contributed by atoms with van der Waals surface area (Å²) in [7, 11) is 0. The zero-order valence-electron chi connectivity index (χ0n) is 42.0. The fourth-order valence-electron chi connectivity index (χ4n) is 8.53. The molecule has 4 N–H and O–H groups in total. The minimum atomic E-state index is -1.60. The van der Waals surface area contributed by atoms with Crippen molar-refractivity contribution < 1.29 is 49.0 Å². The Hall–Kier alpha value is -1.82. The van der Waals surface area contributed by atoms with E-state index in [2.05, 4.69) is 38.2 Å². The maximum absolute atomic E-state index is 12.9. The molecule has 10 heteroatoms. The number of allylic oxidation sites excluding steroid dienone is 4. The maximum Gasteiger partial charge on any atom is 0.306 e. The topological polar surface area (TPSA) is 152 Å². The van der Waals surface area contributed by atoms with E-state index in [1.54, 1.807) is 0 Å². The van der Waals surface area contributed by atoms with Crippen LogP contribution in [-0.2, 0) is 28.5 Å². The molecular weight excluding hydrogens is 821 g/mol. The molecule has 0 radical (unpaired) electrons. The van der Waals surface area contributed by atoms with Gasteiger partial charge >= 0.3 is 11.9 Å². The molecule has 0 aliphatic carbocycles. The number of hydrogen-bond acceptors (Lipinski definition) is 10. The molecule has 0 amide bonds. The number of aliphatic hydroxyl groups excluding tert-OH is 4. The summed E-state index contributed by atoms with van der Waals surface area (Å²) in [5.74, 6) is -0.845. The summed E-state index contributed by atoms with van der Waals surface area (Å²) in [5, 5.41) is 40.2. The quantitative estimate of drug-likeness (QED) is 0.0264. The van der Waals surface area contributed by atoms with Crippen LogP contribution in [0.1, 0.15) is 258 Å². The van der Waals surface area contributed by atoms with E-state index >= 15 is 0 Å². The minimum absolute atomic E-state index is 0.215. The van der Waals surface area contributed by atoms with Crippen LogP contribution in [0.4, 0.5) is 0 Å². The molecule has 65 heavy (non-hydrogen) atoms. The highest BCUT2D eigenvalue weighted by Gasteiger charge is 2.44. The van der Waals surface area contributed by atoms with Gasteiger partial charge in [0.1, 0.15) is 31.0 Å². The first kappa shape index (κ1) is 61.2. The van der Waals surface area contributed by atoms with Gasteiger partial charge in [-0.05, 0) is 38.5 Å². The third-order valence-corrected chi connectivity index (χ3v) is 12.8. The Balaban J connectivity index is 2.23. The average molecular weight is 923 g/mol. The second-order valence-corrected chi connectivity index (χ2v) is 19.0. The van der Waals surface area contributed by atoms with E-state index in [1.165, 1.54) is 180 Å². The van der Waals surface area contributed by atoms with Gasteiger partial charge in [-0.3, -0.25) is 9.59 Å². The van der Waals surface area contributed by atoms with Gasteiger partial charge < -0.3 is 39.4 Å². The number of esters is 2. The third kappa shape index (κ3) is 36.8. The standard InChI is InChI=1S/C55H102O10/c1-3-5-7-9-11-13-15-17-19-21-22-23-24-25-26-28-30-32-34-36-38-40-42-44-51(58)64-48(47-63-55-54(61)53(60)52(59)49(45-56)65-55)46-62-50(57)43-41-39-37-35-33-31-29-27-20-18-16-14-12-10-8-6-4-2/h29,31,35,37,48-49,52-56,59-61H,3-28,30,32-34,36,38-47H2,1-2H3/b31-29+,37-35+/t48-,49-,52+,53?,54?,55-/m1/s1. The van der Waals surface area contributed by atoms with Gasteiger partial charge in [-0.1, -0.05) is 231 Å². The van der Waals surface area contributed by atoms with Gasteiger partial charge in [0.25, 0.3) is 0 Å². The summed E-state index contributed by atoms with van der Waals surface area (Å²) in [4.78, 5) is 25.5. The lowest BCUT2D eigenvalue weighted by Gasteiger charge is -2.39. The van der Waals surface area contributed by atoms with Crippen LogP contribution in [0.3, 0.4) is 0 Å². The van der Waals surface area contributed by atoms with E-state index in [-0.39, 0.29) is 26.1 Å². The summed E-state index contributed by atoms with van der Waals surface area (Å²) < 4.78 is 22.2. The molecule has 0 spiro atoms. The number of ether oxygens (including phenoxy) is 4. The van der Waals surface area contributed by atoms with Gasteiger partial charge in [0.2, 0.25) is 0 Å². The molecule has 1 aliphatic rings. The van der Waals surface area contributed by atoms with Crippen molar-refractivity contribution >= 4 is 11.9 Å². The van der Waals surface area contributed by atoms with E-state index < -0.39 is 55.4 Å². The van der Waals surface area contributed by atoms with Crippen molar-refractivity contribution in [3.8, 4) is 0 Å². The van der Waals surface area contributed by atoms with Crippen LogP contribution >= 0.6 is 0 Å². The fourth-order valence-corrected chi connectivity index (χ4v) is 8.53. The van der Waals surface area contributed by atoms with Crippen molar-refractivity contribution in [2.24, 2.45) is 0 Å². The first-order chi connectivity index (χ1) is 31.8. The van der Waals surface area contributed by atoms with Gasteiger partial charge in [-0.2, -0.15) is 0 Å². The Morgan fingerprint density at radius 2 is 0.877 bits per heavy atom. The molecular formula is C55H102O10. The fraction of sp³-hybridized carbons (Fsp3) is 0.891. The Labute approximate surface area is 398 Å². The number of aliphatic hydroxyl groups is 4. The van der Waals surface area contributed by atoms with Crippen LogP contribution in [0, 0.1) is 0 Å². The number of unbranched alkanes of at least 4 members (excludes halogenated alkanes) is 32. The number of rotatable bonds is 47. The Morgan fingerprint density at radius 3 is 1.32 bits per heavy atom. The molecule has 10 nitrogen and oxygen atoms in total. The predicted octanol–water partition coefficient (Wildman–Crippen LogP) is 13.2. The predicted molar refractivity (Wildman–Crippen MR) is 266 cm³/mol. The van der Waals surface area contributed by atoms with Crippen LogP contribution < -0.4 is 0 Å². The monoisotopic (exact) mass is 923 g/mol. The zero-order valence-corrected chi connectivity index (χ0v) is 42.0. The molecule has 0 aromatic carbocycles. The molecule has 1 saturated heterocycles. The van der Waals surface area contributed by atoms with Gasteiger partial charge in [0.15, 0.2) is 12.4 Å². The van der Waals surface area contributed by atoms with E-state index in [4.69, 9.17) is 18.9 Å². The van der Waals surface area contributed by atoms with Crippen molar-refractivity contribution in [1.29, 1.82) is 0 Å². The van der Waals surface area contributed by atoms with E-state index in [0.29, 0.717) is 12.8 Å². The Bertz CT molecular complexity index is 1110. The number of carbonyl (C=O) groups is 2. The van der Waals surface area contributed by atoms with E-state index in [1.807, 2.05) is 0 Å².